The van der Waals surface area contributed by atoms with Crippen molar-refractivity contribution in [2.24, 2.45) is 0 Å². The summed E-state index contributed by atoms with van der Waals surface area (Å²) in [5.74, 6) is 1.82. The van der Waals surface area contributed by atoms with Crippen LogP contribution < -0.4 is 0 Å². The molecule has 0 spiro atoms. The molecule has 0 amide bonds. The molecule has 3 aliphatic carbocycles. The number of phenols is 1. The summed E-state index contributed by atoms with van der Waals surface area (Å²) in [4.78, 5) is 10.8. The van der Waals surface area contributed by atoms with E-state index in [0.29, 0.717) is 11.8 Å². The van der Waals surface area contributed by atoms with Crippen LogP contribution in [0.2, 0.25) is 0 Å². The minimum atomic E-state index is 0. The van der Waals surface area contributed by atoms with Crippen molar-refractivity contribution in [3.63, 3.8) is 0 Å². The van der Waals surface area contributed by atoms with Gasteiger partial charge in [0.05, 0.1) is 22.6 Å². The molecule has 12 rings (SSSR count). The first-order chi connectivity index (χ1) is 31.4. The summed E-state index contributed by atoms with van der Waals surface area (Å²) in [6.45, 7) is 18.1. The minimum absolute atomic E-state index is 0. The molecule has 2 aromatic heterocycles. The van der Waals surface area contributed by atoms with Gasteiger partial charge in [0, 0.05) is 49.8 Å². The van der Waals surface area contributed by atoms with E-state index in [9.17, 15) is 5.11 Å². The predicted octanol–water partition coefficient (Wildman–Crippen LogP) is 15.4. The fraction of sp³-hybridized carbons (Fsp3) is 0.213. The van der Waals surface area contributed by atoms with Crippen LogP contribution in [0.3, 0.4) is 0 Å². The van der Waals surface area contributed by atoms with E-state index in [-0.39, 0.29) is 44.1 Å². The Bertz CT molecular complexity index is 3290. The van der Waals surface area contributed by atoms with E-state index >= 15 is 0 Å². The van der Waals surface area contributed by atoms with Crippen molar-refractivity contribution in [3.05, 3.63) is 213 Å². The third-order valence-corrected chi connectivity index (χ3v) is 14.0. The number of pyridine rings is 1. The number of imidazole rings is 1. The first kappa shape index (κ1) is 43.5. The van der Waals surface area contributed by atoms with E-state index < -0.39 is 0 Å². The van der Waals surface area contributed by atoms with Crippen LogP contribution >= 0.6 is 0 Å². The molecule has 0 saturated heterocycles. The quantitative estimate of drug-likeness (QED) is 0.162. The average molecular weight is 1040 g/mol. The maximum Gasteiger partial charge on any atom is 0.125 e. The van der Waals surface area contributed by atoms with Gasteiger partial charge in [0.15, 0.2) is 0 Å². The first-order valence-electron chi connectivity index (χ1n) is 23.2. The Morgan fingerprint density at radius 2 is 1.12 bits per heavy atom. The molecule has 7 aromatic carbocycles. The molecular formula is C61H54N3OPt-. The Morgan fingerprint density at radius 1 is 0.561 bits per heavy atom. The third-order valence-electron chi connectivity index (χ3n) is 14.0. The smallest absolute Gasteiger partial charge is 0.125 e. The van der Waals surface area contributed by atoms with E-state index in [1.54, 1.807) is 0 Å². The van der Waals surface area contributed by atoms with Crippen LogP contribution in [0.4, 0.5) is 0 Å². The molecule has 330 valence electrons. The van der Waals surface area contributed by atoms with Gasteiger partial charge in [0.1, 0.15) is 5.75 Å². The third kappa shape index (κ3) is 7.08. The Kier molecular flexibility index (Phi) is 10.9. The summed E-state index contributed by atoms with van der Waals surface area (Å²) >= 11 is 0. The van der Waals surface area contributed by atoms with Gasteiger partial charge in [0.2, 0.25) is 0 Å². The zero-order valence-electron chi connectivity index (χ0n) is 38.8. The minimum Gasteiger partial charge on any atom is -0.507 e. The standard InChI is InChI=1S/C61H54N3O.Pt/c1-35(2)42-23-16-24-43(36(3)4)59(42)64-55-26-14-13-25-52(55)63-60(64)39-18-15-17-38(30-39)53-31-40(44-28-27-41(29-37(44)5)61(6,7)8)32-54(62-53)51-33-49-50(34-56(51)65)58-47-21-11-9-19-45(47)57(49)46-20-10-12-22-48(46)58;/h9-29,31-36,57-58,65H,1-8H3;/q-1;. The number of benzene rings is 7. The largest absolute Gasteiger partial charge is 0.507 e. The Labute approximate surface area is 403 Å². The van der Waals surface area contributed by atoms with Gasteiger partial charge in [-0.2, -0.15) is 0 Å². The van der Waals surface area contributed by atoms with Crippen LogP contribution in [0.15, 0.2) is 152 Å². The van der Waals surface area contributed by atoms with Crippen LogP contribution in [0.5, 0.6) is 5.75 Å². The molecule has 3 aliphatic rings. The number of phenolic OH excluding ortho intramolecular Hbond substituents is 1. The summed E-state index contributed by atoms with van der Waals surface area (Å²) in [5.41, 5.74) is 22.1. The van der Waals surface area contributed by atoms with Gasteiger partial charge in [0.25, 0.3) is 0 Å². The van der Waals surface area contributed by atoms with Gasteiger partial charge in [-0.1, -0.05) is 163 Å². The number of hydrogen-bond acceptors (Lipinski definition) is 3. The molecule has 0 saturated carbocycles. The molecule has 1 N–H and O–H groups in total. The fourth-order valence-corrected chi connectivity index (χ4v) is 10.8. The van der Waals surface area contributed by atoms with Gasteiger partial charge in [-0.25, -0.2) is 0 Å². The summed E-state index contributed by atoms with van der Waals surface area (Å²) in [6.07, 6.45) is 0. The summed E-state index contributed by atoms with van der Waals surface area (Å²) < 4.78 is 2.36. The van der Waals surface area contributed by atoms with Gasteiger partial charge >= 0.3 is 0 Å². The molecule has 0 aliphatic heterocycles. The fourth-order valence-electron chi connectivity index (χ4n) is 10.8. The molecule has 0 atom stereocenters. The van der Waals surface area contributed by atoms with Gasteiger partial charge < -0.3 is 9.67 Å². The molecular weight excluding hydrogens is 986 g/mol. The second kappa shape index (κ2) is 16.5. The number of rotatable bonds is 7. The number of fused-ring (bicyclic) bond motifs is 1. The zero-order chi connectivity index (χ0) is 44.9. The molecule has 9 aromatic rings. The Morgan fingerprint density at radius 3 is 1.73 bits per heavy atom. The first-order valence-corrected chi connectivity index (χ1v) is 23.2. The normalized spacial score (nSPS) is 14.9. The monoisotopic (exact) mass is 1040 g/mol. The second-order valence-electron chi connectivity index (χ2n) is 19.9. The van der Waals surface area contributed by atoms with Crippen LogP contribution in [0.1, 0.15) is 128 Å². The molecule has 4 nitrogen and oxygen atoms in total. The number of aromatic nitrogens is 3. The molecule has 2 heterocycles. The Balaban J connectivity index is 0.00000511. The van der Waals surface area contributed by atoms with E-state index in [0.717, 1.165) is 56.1 Å². The molecule has 2 bridgehead atoms. The molecule has 0 radical (unpaired) electrons. The van der Waals surface area contributed by atoms with E-state index in [1.807, 2.05) is 6.07 Å². The predicted molar refractivity (Wildman–Crippen MR) is 267 cm³/mol. The molecule has 0 unspecified atom stereocenters. The van der Waals surface area contributed by atoms with E-state index in [4.69, 9.17) is 9.97 Å². The number of aryl methyl sites for hydroxylation is 1. The van der Waals surface area contributed by atoms with Gasteiger partial charge in [-0.15, -0.1) is 24.3 Å². The molecule has 5 heteroatoms. The number of hydrogen-bond donors (Lipinski definition) is 1. The van der Waals surface area contributed by atoms with E-state index in [1.165, 1.54) is 61.3 Å². The molecule has 66 heavy (non-hydrogen) atoms. The maximum atomic E-state index is 12.2. The van der Waals surface area contributed by atoms with Crippen molar-refractivity contribution >= 4 is 11.0 Å². The summed E-state index contributed by atoms with van der Waals surface area (Å²) in [7, 11) is 0. The maximum absolute atomic E-state index is 12.2. The van der Waals surface area contributed by atoms with Crippen LogP contribution in [-0.2, 0) is 26.5 Å². The van der Waals surface area contributed by atoms with Crippen molar-refractivity contribution in [2.45, 2.75) is 84.5 Å². The number of para-hydroxylation sites is 3. The second-order valence-corrected chi connectivity index (χ2v) is 19.9. The van der Waals surface area contributed by atoms with E-state index in [2.05, 4.69) is 212 Å². The summed E-state index contributed by atoms with van der Waals surface area (Å²) in [5, 5.41) is 12.2. The number of aromatic hydroxyl groups is 1. The topological polar surface area (TPSA) is 50.9 Å². The van der Waals surface area contributed by atoms with Crippen molar-refractivity contribution < 1.29 is 26.2 Å². The van der Waals surface area contributed by atoms with Gasteiger partial charge in [-0.3, -0.25) is 9.97 Å². The Hall–Kier alpha value is -6.35. The zero-order valence-corrected chi connectivity index (χ0v) is 41.1. The molecule has 0 fully saturated rings. The van der Waals surface area contributed by atoms with Crippen molar-refractivity contribution in [2.75, 3.05) is 0 Å². The van der Waals surface area contributed by atoms with Crippen molar-refractivity contribution in [3.8, 4) is 56.5 Å². The van der Waals surface area contributed by atoms with Crippen LogP contribution in [0, 0.1) is 13.0 Å². The van der Waals surface area contributed by atoms with Crippen LogP contribution in [-0.4, -0.2) is 19.6 Å². The van der Waals surface area contributed by atoms with Crippen molar-refractivity contribution in [1.82, 2.24) is 14.5 Å². The number of nitrogens with zero attached hydrogens (tertiary/aromatic N) is 3. The van der Waals surface area contributed by atoms with Gasteiger partial charge in [-0.05, 0) is 121 Å². The average Bonchev–Trinajstić information content (AvgIpc) is 3.70. The van der Waals surface area contributed by atoms with Crippen molar-refractivity contribution in [1.29, 1.82) is 0 Å². The summed E-state index contributed by atoms with van der Waals surface area (Å²) in [6, 6.07) is 58.4. The van der Waals surface area contributed by atoms with Crippen LogP contribution in [0.25, 0.3) is 61.8 Å². The SMILES string of the molecule is Cc1cc(C(C)(C)C)ccc1-c1cc(-c2[c-]c(-c3nc4ccccc4n3-c3c(C(C)C)cccc3C(C)C)ccc2)nc(-c2cc3c(cc2O)C2c4ccccc4C3c3ccccc32)c1.[Pt].